The van der Waals surface area contributed by atoms with E-state index in [2.05, 4.69) is 15.5 Å². The van der Waals surface area contributed by atoms with Crippen molar-refractivity contribution in [1.29, 1.82) is 0 Å². The fourth-order valence-electron chi connectivity index (χ4n) is 2.14. The first kappa shape index (κ1) is 18.7. The molecule has 134 valence electrons. The molecular weight excluding hydrogens is 346 g/mol. The zero-order valence-electron chi connectivity index (χ0n) is 13.9. The molecule has 1 amide bonds. The first-order valence-electron chi connectivity index (χ1n) is 7.75. The highest BCUT2D eigenvalue weighted by Gasteiger charge is 2.13. The number of hydrogen-bond acceptors (Lipinski definition) is 6. The molecule has 0 spiro atoms. The zero-order chi connectivity index (χ0) is 18.4. The number of aryl methyl sites for hydroxylation is 1. The molecule has 2 rings (SSSR count). The van der Waals surface area contributed by atoms with E-state index in [1.807, 2.05) is 6.92 Å². The molecule has 2 N–H and O–H groups in total. The number of unbranched alkanes of at least 4 members (excludes halogenated alkanes) is 1. The maximum atomic E-state index is 12.1. The Morgan fingerprint density at radius 1 is 1.48 bits per heavy atom. The summed E-state index contributed by atoms with van der Waals surface area (Å²) in [7, 11) is 0. The Labute approximate surface area is 148 Å². The van der Waals surface area contributed by atoms with Crippen molar-refractivity contribution in [1.82, 2.24) is 14.8 Å². The molecule has 0 unspecified atom stereocenters. The summed E-state index contributed by atoms with van der Waals surface area (Å²) in [4.78, 5) is 34.0. The van der Waals surface area contributed by atoms with E-state index in [0.717, 1.165) is 24.6 Å². The monoisotopic (exact) mass is 365 g/mol. The molecule has 9 nitrogen and oxygen atoms in total. The predicted octanol–water partition coefficient (Wildman–Crippen LogP) is 2.32. The average molecular weight is 365 g/mol. The summed E-state index contributed by atoms with van der Waals surface area (Å²) in [6.45, 7) is 4.26. The van der Waals surface area contributed by atoms with E-state index in [0.29, 0.717) is 23.0 Å². The number of benzene rings is 1. The van der Waals surface area contributed by atoms with Crippen LogP contribution in [0.2, 0.25) is 0 Å². The first-order chi connectivity index (χ1) is 11.9. The third-order valence-electron chi connectivity index (χ3n) is 3.49. The Bertz CT molecular complexity index is 830. The molecule has 25 heavy (non-hydrogen) atoms. The second-order valence-electron chi connectivity index (χ2n) is 5.41. The molecule has 0 fully saturated rings. The van der Waals surface area contributed by atoms with Crippen molar-refractivity contribution >= 4 is 29.0 Å². The van der Waals surface area contributed by atoms with Gasteiger partial charge in [-0.25, -0.2) is 9.89 Å². The van der Waals surface area contributed by atoms with Crippen LogP contribution in [-0.4, -0.2) is 31.3 Å². The summed E-state index contributed by atoms with van der Waals surface area (Å²) < 4.78 is 1.51. The van der Waals surface area contributed by atoms with Crippen LogP contribution in [0.5, 0.6) is 0 Å². The Morgan fingerprint density at radius 3 is 2.88 bits per heavy atom. The van der Waals surface area contributed by atoms with Gasteiger partial charge in [0.2, 0.25) is 5.91 Å². The van der Waals surface area contributed by atoms with Crippen molar-refractivity contribution in [2.75, 3.05) is 11.1 Å². The summed E-state index contributed by atoms with van der Waals surface area (Å²) in [5.41, 5.74) is 0.803. The molecule has 1 aromatic heterocycles. The van der Waals surface area contributed by atoms with Crippen LogP contribution in [-0.2, 0) is 11.3 Å². The highest BCUT2D eigenvalue weighted by Crippen LogP contribution is 2.22. The number of aromatic amines is 1. The number of nitrogens with zero attached hydrogens (tertiary/aromatic N) is 3. The van der Waals surface area contributed by atoms with Crippen LogP contribution in [0.25, 0.3) is 0 Å². The van der Waals surface area contributed by atoms with Gasteiger partial charge in [0, 0.05) is 24.4 Å². The van der Waals surface area contributed by atoms with Gasteiger partial charge in [0.25, 0.3) is 5.69 Å². The van der Waals surface area contributed by atoms with Gasteiger partial charge in [0.15, 0.2) is 5.16 Å². The van der Waals surface area contributed by atoms with Gasteiger partial charge in [-0.3, -0.25) is 19.5 Å². The van der Waals surface area contributed by atoms with E-state index >= 15 is 0 Å². The molecule has 0 atom stereocenters. The van der Waals surface area contributed by atoms with E-state index in [9.17, 15) is 19.7 Å². The second kappa shape index (κ2) is 8.47. The number of carbonyl (C=O) groups is 1. The highest BCUT2D eigenvalue weighted by molar-refractivity contribution is 7.99. The molecule has 1 aromatic carbocycles. The smallest absolute Gasteiger partial charge is 0.325 e. The molecule has 0 aliphatic rings. The van der Waals surface area contributed by atoms with E-state index in [1.165, 1.54) is 22.8 Å². The lowest BCUT2D eigenvalue weighted by Gasteiger charge is -2.08. The van der Waals surface area contributed by atoms with Crippen molar-refractivity contribution in [2.45, 2.75) is 38.4 Å². The summed E-state index contributed by atoms with van der Waals surface area (Å²) in [6, 6.07) is 4.24. The average Bonchev–Trinajstić information content (AvgIpc) is 2.92. The quantitative estimate of drug-likeness (QED) is 0.420. The summed E-state index contributed by atoms with van der Waals surface area (Å²) in [6.07, 6.45) is 1.79. The topological polar surface area (TPSA) is 123 Å². The maximum absolute atomic E-state index is 12.1. The lowest BCUT2D eigenvalue weighted by Crippen LogP contribution is -2.19. The molecule has 0 saturated carbocycles. The summed E-state index contributed by atoms with van der Waals surface area (Å²) >= 11 is 1.16. The lowest BCUT2D eigenvalue weighted by atomic mass is 10.2. The molecule has 0 bridgehead atoms. The summed E-state index contributed by atoms with van der Waals surface area (Å²) in [5.74, 6) is -0.202. The van der Waals surface area contributed by atoms with Crippen molar-refractivity contribution < 1.29 is 9.72 Å². The number of non-ortho nitro benzene ring substituents is 1. The van der Waals surface area contributed by atoms with Gasteiger partial charge in [-0.1, -0.05) is 25.1 Å². The highest BCUT2D eigenvalue weighted by atomic mass is 32.2. The molecule has 10 heteroatoms. The van der Waals surface area contributed by atoms with Crippen LogP contribution in [0.15, 0.2) is 28.2 Å². The zero-order valence-corrected chi connectivity index (χ0v) is 14.8. The van der Waals surface area contributed by atoms with Crippen molar-refractivity contribution in [3.8, 4) is 0 Å². The van der Waals surface area contributed by atoms with E-state index in [-0.39, 0.29) is 23.0 Å². The number of aromatic nitrogens is 3. The Kier molecular flexibility index (Phi) is 6.34. The molecule has 2 aromatic rings. The predicted molar refractivity (Wildman–Crippen MR) is 94.9 cm³/mol. The number of thioether (sulfide) groups is 1. The second-order valence-corrected chi connectivity index (χ2v) is 6.35. The van der Waals surface area contributed by atoms with Gasteiger partial charge in [0.1, 0.15) is 0 Å². The molecule has 1 heterocycles. The minimum Gasteiger partial charge on any atom is -0.325 e. The molecular formula is C15H19N5O4S. The SMILES string of the molecule is CCCCn1c(SCC(=O)Nc2ccc([N+](=O)[O-])cc2C)n[nH]c1=O. The number of hydrogen-bond donors (Lipinski definition) is 2. The van der Waals surface area contributed by atoms with Crippen molar-refractivity contribution in [3.05, 3.63) is 44.4 Å². The molecule has 0 aliphatic heterocycles. The van der Waals surface area contributed by atoms with Crippen molar-refractivity contribution in [2.24, 2.45) is 0 Å². The van der Waals surface area contributed by atoms with E-state index in [1.54, 1.807) is 6.92 Å². The molecule has 0 radical (unpaired) electrons. The standard InChI is InChI=1S/C15H19N5O4S/c1-3-4-7-19-14(22)17-18-15(19)25-9-13(21)16-12-6-5-11(20(23)24)8-10(12)2/h5-6,8H,3-4,7,9H2,1-2H3,(H,16,21)(H,17,22). The van der Waals surface area contributed by atoms with Gasteiger partial charge in [-0.15, -0.1) is 5.10 Å². The van der Waals surface area contributed by atoms with Gasteiger partial charge >= 0.3 is 5.69 Å². The Morgan fingerprint density at radius 2 is 2.24 bits per heavy atom. The molecule has 0 aliphatic carbocycles. The van der Waals surface area contributed by atoms with Gasteiger partial charge in [-0.2, -0.15) is 0 Å². The summed E-state index contributed by atoms with van der Waals surface area (Å²) in [5, 5.41) is 20.2. The number of H-pyrrole nitrogens is 1. The fraction of sp³-hybridized carbons (Fsp3) is 0.400. The van der Waals surface area contributed by atoms with Crippen molar-refractivity contribution in [3.63, 3.8) is 0 Å². The van der Waals surface area contributed by atoms with Crippen LogP contribution >= 0.6 is 11.8 Å². The largest absolute Gasteiger partial charge is 0.343 e. The van der Waals surface area contributed by atoms with Crippen LogP contribution in [0.1, 0.15) is 25.3 Å². The number of nitro groups is 1. The minimum absolute atomic E-state index is 0.0265. The Hall–Kier alpha value is -2.62. The number of carbonyl (C=O) groups excluding carboxylic acids is 1. The maximum Gasteiger partial charge on any atom is 0.343 e. The lowest BCUT2D eigenvalue weighted by molar-refractivity contribution is -0.384. The van der Waals surface area contributed by atoms with Crippen LogP contribution in [0, 0.1) is 17.0 Å². The van der Waals surface area contributed by atoms with Gasteiger partial charge in [0.05, 0.1) is 10.7 Å². The van der Waals surface area contributed by atoms with Crippen LogP contribution in [0.3, 0.4) is 0 Å². The Balaban J connectivity index is 1.98. The third-order valence-corrected chi connectivity index (χ3v) is 4.46. The van der Waals surface area contributed by atoms with Crippen LogP contribution in [0.4, 0.5) is 11.4 Å². The number of rotatable bonds is 8. The normalized spacial score (nSPS) is 10.6. The third kappa shape index (κ3) is 4.92. The molecule has 0 saturated heterocycles. The first-order valence-corrected chi connectivity index (χ1v) is 8.73. The number of nitrogens with one attached hydrogen (secondary N) is 2. The van der Waals surface area contributed by atoms with E-state index in [4.69, 9.17) is 0 Å². The number of anilines is 1. The minimum atomic E-state index is -0.485. The van der Waals surface area contributed by atoms with Gasteiger partial charge in [-0.05, 0) is 25.0 Å². The van der Waals surface area contributed by atoms with E-state index < -0.39 is 4.92 Å². The van der Waals surface area contributed by atoms with Gasteiger partial charge < -0.3 is 5.32 Å². The number of nitro benzene ring substituents is 1. The van der Waals surface area contributed by atoms with Crippen LogP contribution < -0.4 is 11.0 Å². The number of amides is 1. The fourth-order valence-corrected chi connectivity index (χ4v) is 2.92.